The molecule has 1 unspecified atom stereocenters. The van der Waals surface area contributed by atoms with Crippen LogP contribution in [-0.2, 0) is 9.53 Å². The molecule has 3 rings (SSSR count). The smallest absolute Gasteiger partial charge is 0.338 e. The third-order valence-electron chi connectivity index (χ3n) is 4.13. The molecule has 2 aromatic carbocycles. The lowest BCUT2D eigenvalue weighted by molar-refractivity contribution is -0.123. The second kappa shape index (κ2) is 8.80. The van der Waals surface area contributed by atoms with Gasteiger partial charge in [-0.2, -0.15) is 0 Å². The summed E-state index contributed by atoms with van der Waals surface area (Å²) >= 11 is 3.79. The Kier molecular flexibility index (Phi) is 6.44. The van der Waals surface area contributed by atoms with E-state index in [9.17, 15) is 14.0 Å². The molecule has 0 bridgehead atoms. The van der Waals surface area contributed by atoms with Gasteiger partial charge in [-0.25, -0.2) is 9.18 Å². The van der Waals surface area contributed by atoms with Crippen molar-refractivity contribution in [1.82, 2.24) is 0 Å². The van der Waals surface area contributed by atoms with Gasteiger partial charge < -0.3 is 10.1 Å². The molecule has 0 aromatic heterocycles. The van der Waals surface area contributed by atoms with E-state index in [0.29, 0.717) is 21.4 Å². The molecule has 2 aromatic rings. The molecule has 1 amide bonds. The predicted molar refractivity (Wildman–Crippen MR) is 109 cm³/mol. The Balaban J connectivity index is 1.57. The zero-order valence-electron chi connectivity index (χ0n) is 15.0. The first-order valence-electron chi connectivity index (χ1n) is 8.55. The fourth-order valence-corrected chi connectivity index (χ4v) is 5.38. The largest absolute Gasteiger partial charge is 0.449 e. The lowest BCUT2D eigenvalue weighted by Crippen LogP contribution is -2.30. The first-order valence-corrected chi connectivity index (χ1v) is 10.6. The standard InChI is InChI=1S/C20H20FNO3S2/c1-12-3-8-16(11-17(12)21)22-18(23)13(2)25-19(24)14-4-6-15(7-5-14)20-26-9-10-27-20/h3-8,11,13,20H,9-10H2,1-2H3,(H,22,23). The maximum absolute atomic E-state index is 13.6. The van der Waals surface area contributed by atoms with Crippen molar-refractivity contribution in [2.75, 3.05) is 16.8 Å². The second-order valence-corrected chi connectivity index (χ2v) is 8.92. The molecular formula is C20H20FNO3S2. The van der Waals surface area contributed by atoms with Crippen LogP contribution in [0.4, 0.5) is 10.1 Å². The van der Waals surface area contributed by atoms with E-state index in [1.54, 1.807) is 31.2 Å². The molecule has 0 spiro atoms. The normalized spacial score (nSPS) is 15.4. The minimum absolute atomic E-state index is 0.321. The fourth-order valence-electron chi connectivity index (χ4n) is 2.52. The lowest BCUT2D eigenvalue weighted by atomic mass is 10.1. The number of halogens is 1. The minimum Gasteiger partial charge on any atom is -0.449 e. The summed E-state index contributed by atoms with van der Waals surface area (Å²) in [5.41, 5.74) is 2.38. The highest BCUT2D eigenvalue weighted by Gasteiger charge is 2.21. The molecule has 0 radical (unpaired) electrons. The number of carbonyl (C=O) groups is 2. The molecule has 1 heterocycles. The van der Waals surface area contributed by atoms with Gasteiger partial charge in [0, 0.05) is 17.2 Å². The number of carbonyl (C=O) groups excluding carboxylic acids is 2. The van der Waals surface area contributed by atoms with E-state index in [0.717, 1.165) is 11.5 Å². The van der Waals surface area contributed by atoms with Crippen molar-refractivity contribution in [2.24, 2.45) is 0 Å². The Labute approximate surface area is 166 Å². The molecule has 0 saturated carbocycles. The number of rotatable bonds is 5. The van der Waals surface area contributed by atoms with Crippen LogP contribution >= 0.6 is 23.5 Å². The van der Waals surface area contributed by atoms with Crippen molar-refractivity contribution in [1.29, 1.82) is 0 Å². The summed E-state index contributed by atoms with van der Waals surface area (Å²) in [7, 11) is 0. The number of hydrogen-bond acceptors (Lipinski definition) is 5. The van der Waals surface area contributed by atoms with Crippen LogP contribution in [0.15, 0.2) is 42.5 Å². The van der Waals surface area contributed by atoms with E-state index in [-0.39, 0.29) is 0 Å². The first-order chi connectivity index (χ1) is 12.9. The topological polar surface area (TPSA) is 55.4 Å². The van der Waals surface area contributed by atoms with Gasteiger partial charge in [0.15, 0.2) is 6.10 Å². The summed E-state index contributed by atoms with van der Waals surface area (Å²) in [6, 6.07) is 11.7. The lowest BCUT2D eigenvalue weighted by Gasteiger charge is -2.14. The van der Waals surface area contributed by atoms with E-state index in [2.05, 4.69) is 5.32 Å². The molecule has 1 N–H and O–H groups in total. The molecule has 7 heteroatoms. The van der Waals surface area contributed by atoms with E-state index in [1.807, 2.05) is 35.7 Å². The van der Waals surface area contributed by atoms with Crippen LogP contribution in [-0.4, -0.2) is 29.5 Å². The number of hydrogen-bond donors (Lipinski definition) is 1. The van der Waals surface area contributed by atoms with Crippen LogP contribution in [0, 0.1) is 12.7 Å². The number of esters is 1. The maximum Gasteiger partial charge on any atom is 0.338 e. The predicted octanol–water partition coefficient (Wildman–Crippen LogP) is 4.80. The van der Waals surface area contributed by atoms with Crippen LogP contribution in [0.25, 0.3) is 0 Å². The zero-order chi connectivity index (χ0) is 19.4. The van der Waals surface area contributed by atoms with E-state index in [1.165, 1.54) is 18.6 Å². The zero-order valence-corrected chi connectivity index (χ0v) is 16.7. The highest BCUT2D eigenvalue weighted by Crippen LogP contribution is 2.45. The molecule has 1 aliphatic heterocycles. The number of ether oxygens (including phenoxy) is 1. The van der Waals surface area contributed by atoms with E-state index < -0.39 is 23.8 Å². The molecule has 27 heavy (non-hydrogen) atoms. The third-order valence-corrected chi connectivity index (χ3v) is 7.24. The molecule has 0 aliphatic carbocycles. The molecule has 1 aliphatic rings. The van der Waals surface area contributed by atoms with Gasteiger partial charge in [0.25, 0.3) is 5.91 Å². The van der Waals surface area contributed by atoms with Crippen LogP contribution in [0.2, 0.25) is 0 Å². The van der Waals surface area contributed by atoms with Gasteiger partial charge in [-0.3, -0.25) is 4.79 Å². The van der Waals surface area contributed by atoms with Gasteiger partial charge in [-0.05, 0) is 49.2 Å². The quantitative estimate of drug-likeness (QED) is 0.725. The number of anilines is 1. The molecule has 1 saturated heterocycles. The second-order valence-electron chi connectivity index (χ2n) is 6.20. The average molecular weight is 406 g/mol. The monoisotopic (exact) mass is 405 g/mol. The Hall–Kier alpha value is -1.99. The molecular weight excluding hydrogens is 385 g/mol. The van der Waals surface area contributed by atoms with Gasteiger partial charge in [0.2, 0.25) is 0 Å². The third kappa shape index (κ3) is 5.05. The van der Waals surface area contributed by atoms with Gasteiger partial charge in [-0.15, -0.1) is 23.5 Å². The summed E-state index contributed by atoms with van der Waals surface area (Å²) in [6.45, 7) is 3.12. The Bertz CT molecular complexity index is 836. The van der Waals surface area contributed by atoms with E-state index >= 15 is 0 Å². The van der Waals surface area contributed by atoms with Gasteiger partial charge >= 0.3 is 5.97 Å². The Morgan fingerprint density at radius 2 is 1.81 bits per heavy atom. The fraction of sp³-hybridized carbons (Fsp3) is 0.300. The summed E-state index contributed by atoms with van der Waals surface area (Å²) in [6.07, 6.45) is -0.998. The molecule has 4 nitrogen and oxygen atoms in total. The number of benzene rings is 2. The summed E-state index contributed by atoms with van der Waals surface area (Å²) in [4.78, 5) is 24.5. The number of amides is 1. The maximum atomic E-state index is 13.6. The van der Waals surface area contributed by atoms with Crippen LogP contribution in [0.1, 0.15) is 33.0 Å². The van der Waals surface area contributed by atoms with Gasteiger partial charge in [0.1, 0.15) is 5.82 Å². The van der Waals surface area contributed by atoms with Crippen molar-refractivity contribution in [3.8, 4) is 0 Å². The van der Waals surface area contributed by atoms with Crippen LogP contribution < -0.4 is 5.32 Å². The molecule has 142 valence electrons. The summed E-state index contributed by atoms with van der Waals surface area (Å²) in [5.74, 6) is 0.789. The SMILES string of the molecule is Cc1ccc(NC(=O)C(C)OC(=O)c2ccc(C3SCCS3)cc2)cc1F. The first kappa shape index (κ1) is 19.8. The summed E-state index contributed by atoms with van der Waals surface area (Å²) < 4.78 is 19.2. The number of aryl methyl sites for hydroxylation is 1. The van der Waals surface area contributed by atoms with E-state index in [4.69, 9.17) is 4.74 Å². The van der Waals surface area contributed by atoms with Crippen LogP contribution in [0.3, 0.4) is 0 Å². The Morgan fingerprint density at radius 3 is 2.44 bits per heavy atom. The van der Waals surface area contributed by atoms with Crippen LogP contribution in [0.5, 0.6) is 0 Å². The van der Waals surface area contributed by atoms with Crippen molar-refractivity contribution in [3.63, 3.8) is 0 Å². The summed E-state index contributed by atoms with van der Waals surface area (Å²) in [5, 5.41) is 2.55. The number of nitrogens with one attached hydrogen (secondary N) is 1. The van der Waals surface area contributed by atoms with Gasteiger partial charge in [-0.1, -0.05) is 18.2 Å². The van der Waals surface area contributed by atoms with Gasteiger partial charge in [0.05, 0.1) is 10.1 Å². The van der Waals surface area contributed by atoms with Crippen molar-refractivity contribution in [2.45, 2.75) is 24.5 Å². The van der Waals surface area contributed by atoms with Crippen molar-refractivity contribution >= 4 is 41.1 Å². The highest BCUT2D eigenvalue weighted by atomic mass is 32.2. The van der Waals surface area contributed by atoms with Crippen molar-refractivity contribution < 1.29 is 18.7 Å². The number of thioether (sulfide) groups is 2. The van der Waals surface area contributed by atoms with Crippen molar-refractivity contribution in [3.05, 3.63) is 65.0 Å². The highest BCUT2D eigenvalue weighted by molar-refractivity contribution is 8.19. The molecule has 1 fully saturated rings. The minimum atomic E-state index is -0.998. The Morgan fingerprint density at radius 1 is 1.15 bits per heavy atom. The molecule has 1 atom stereocenters. The average Bonchev–Trinajstić information content (AvgIpc) is 3.19.